The Morgan fingerprint density at radius 3 is 2.58 bits per heavy atom. The van der Waals surface area contributed by atoms with E-state index in [1.165, 1.54) is 11.1 Å². The first kappa shape index (κ1) is 11.5. The van der Waals surface area contributed by atoms with Gasteiger partial charge < -0.3 is 5.11 Å². The topological polar surface area (TPSA) is 52.9 Å². The second-order valence-electron chi connectivity index (χ2n) is 4.31. The maximum absolute atomic E-state index is 12.0. The molecule has 1 heterocycles. The van der Waals surface area contributed by atoms with Crippen LogP contribution in [0.25, 0.3) is 0 Å². The van der Waals surface area contributed by atoms with E-state index in [4.69, 9.17) is 0 Å². The summed E-state index contributed by atoms with van der Waals surface area (Å²) in [6.45, 7) is 0. The predicted molar refractivity (Wildman–Crippen MR) is 73.2 cm³/mol. The number of rotatable bonds is 2. The monoisotopic (exact) mass is 252 g/mol. The molecular weight excluding hydrogens is 240 g/mol. The molecule has 2 aromatic rings. The van der Waals surface area contributed by atoms with Crippen LogP contribution in [0.2, 0.25) is 0 Å². The molecule has 0 aromatic heterocycles. The molecule has 2 aromatic carbocycles. The Bertz CT molecular complexity index is 650. The van der Waals surface area contributed by atoms with Crippen molar-refractivity contribution in [3.8, 4) is 5.75 Å². The molecule has 1 aliphatic heterocycles. The van der Waals surface area contributed by atoms with Crippen molar-refractivity contribution in [2.75, 3.05) is 5.01 Å². The number of hydrogen-bond acceptors (Lipinski definition) is 3. The molecule has 1 N–H and O–H groups in total. The van der Waals surface area contributed by atoms with E-state index in [9.17, 15) is 9.90 Å². The molecule has 0 spiro atoms. The number of phenols is 1. The fraction of sp³-hybridized carbons (Fsp3) is 0.0667. The molecule has 3 rings (SSSR count). The Hall–Kier alpha value is -2.62. The van der Waals surface area contributed by atoms with Crippen molar-refractivity contribution < 1.29 is 9.90 Å². The Balaban J connectivity index is 1.96. The van der Waals surface area contributed by atoms with Gasteiger partial charge in [-0.15, -0.1) is 0 Å². The van der Waals surface area contributed by atoms with E-state index in [1.54, 1.807) is 18.2 Å². The van der Waals surface area contributed by atoms with Crippen molar-refractivity contribution in [3.05, 3.63) is 60.2 Å². The highest BCUT2D eigenvalue weighted by molar-refractivity contribution is 6.19. The van der Waals surface area contributed by atoms with Crippen molar-refractivity contribution in [3.63, 3.8) is 0 Å². The summed E-state index contributed by atoms with van der Waals surface area (Å²) in [6.07, 6.45) is 0.277. The lowest BCUT2D eigenvalue weighted by Gasteiger charge is -2.11. The quantitative estimate of drug-likeness (QED) is 0.892. The number of hydrogen-bond donors (Lipinski definition) is 1. The number of benzene rings is 2. The SMILES string of the molecule is O=C1CC(c2ccccc2)=NN1c1cccc(O)c1. The number of anilines is 1. The van der Waals surface area contributed by atoms with Crippen LogP contribution in [0.3, 0.4) is 0 Å². The minimum Gasteiger partial charge on any atom is -0.508 e. The molecular formula is C15H12N2O2. The molecule has 1 aliphatic rings. The van der Waals surface area contributed by atoms with Crippen LogP contribution in [0.1, 0.15) is 12.0 Å². The average molecular weight is 252 g/mol. The first-order valence-electron chi connectivity index (χ1n) is 5.99. The van der Waals surface area contributed by atoms with Crippen LogP contribution in [-0.2, 0) is 4.79 Å². The van der Waals surface area contributed by atoms with Crippen LogP contribution in [-0.4, -0.2) is 16.7 Å². The van der Waals surface area contributed by atoms with Gasteiger partial charge in [0, 0.05) is 6.07 Å². The van der Waals surface area contributed by atoms with Gasteiger partial charge in [-0.2, -0.15) is 5.10 Å². The van der Waals surface area contributed by atoms with Gasteiger partial charge in [-0.05, 0) is 17.7 Å². The zero-order valence-corrected chi connectivity index (χ0v) is 10.2. The molecule has 0 bridgehead atoms. The molecule has 0 saturated heterocycles. The second-order valence-corrected chi connectivity index (χ2v) is 4.31. The van der Waals surface area contributed by atoms with Crippen LogP contribution < -0.4 is 5.01 Å². The summed E-state index contributed by atoms with van der Waals surface area (Å²) in [5.74, 6) is 0.0260. The zero-order valence-electron chi connectivity index (χ0n) is 10.2. The van der Waals surface area contributed by atoms with Gasteiger partial charge in [-0.25, -0.2) is 5.01 Å². The summed E-state index contributed by atoms with van der Waals surface area (Å²) in [6, 6.07) is 16.1. The molecule has 94 valence electrons. The maximum atomic E-state index is 12.0. The summed E-state index contributed by atoms with van der Waals surface area (Å²) >= 11 is 0. The minimum atomic E-state index is -0.0931. The highest BCUT2D eigenvalue weighted by Crippen LogP contribution is 2.25. The minimum absolute atomic E-state index is 0.0931. The Labute approximate surface area is 110 Å². The number of phenolic OH excluding ortho intramolecular Hbond substituents is 1. The van der Waals surface area contributed by atoms with Crippen molar-refractivity contribution in [1.29, 1.82) is 0 Å². The molecule has 0 atom stereocenters. The van der Waals surface area contributed by atoms with Crippen molar-refractivity contribution in [2.45, 2.75) is 6.42 Å². The predicted octanol–water partition coefficient (Wildman–Crippen LogP) is 2.53. The van der Waals surface area contributed by atoms with Crippen LogP contribution in [0.5, 0.6) is 5.75 Å². The number of carbonyl (C=O) groups is 1. The third kappa shape index (κ3) is 2.20. The molecule has 19 heavy (non-hydrogen) atoms. The smallest absolute Gasteiger partial charge is 0.253 e. The molecule has 0 aliphatic carbocycles. The van der Waals surface area contributed by atoms with E-state index in [0.717, 1.165) is 11.3 Å². The first-order valence-corrected chi connectivity index (χ1v) is 5.99. The molecule has 1 amide bonds. The Morgan fingerprint density at radius 2 is 1.84 bits per heavy atom. The number of hydrazone groups is 1. The molecule has 4 heteroatoms. The molecule has 0 saturated carbocycles. The van der Waals surface area contributed by atoms with Crippen LogP contribution in [0, 0.1) is 0 Å². The van der Waals surface area contributed by atoms with Gasteiger partial charge in [0.15, 0.2) is 0 Å². The number of nitrogens with zero attached hydrogens (tertiary/aromatic N) is 2. The van der Waals surface area contributed by atoms with Crippen LogP contribution in [0.15, 0.2) is 59.7 Å². The van der Waals surface area contributed by atoms with Crippen molar-refractivity contribution in [2.24, 2.45) is 5.10 Å². The Kier molecular flexibility index (Phi) is 2.76. The van der Waals surface area contributed by atoms with E-state index in [1.807, 2.05) is 30.3 Å². The lowest BCUT2D eigenvalue weighted by Crippen LogP contribution is -2.19. The summed E-state index contributed by atoms with van der Waals surface area (Å²) in [7, 11) is 0. The second kappa shape index (κ2) is 4.57. The van der Waals surface area contributed by atoms with Crippen molar-refractivity contribution in [1.82, 2.24) is 0 Å². The number of aromatic hydroxyl groups is 1. The zero-order chi connectivity index (χ0) is 13.2. The van der Waals surface area contributed by atoms with Gasteiger partial charge in [0.1, 0.15) is 5.75 Å². The van der Waals surface area contributed by atoms with Gasteiger partial charge in [0.05, 0.1) is 17.8 Å². The van der Waals surface area contributed by atoms with E-state index < -0.39 is 0 Å². The third-order valence-corrected chi connectivity index (χ3v) is 2.96. The van der Waals surface area contributed by atoms with E-state index in [0.29, 0.717) is 5.69 Å². The van der Waals surface area contributed by atoms with Crippen molar-refractivity contribution >= 4 is 17.3 Å². The van der Waals surface area contributed by atoms with Gasteiger partial charge in [-0.1, -0.05) is 36.4 Å². The van der Waals surface area contributed by atoms with Gasteiger partial charge in [0.25, 0.3) is 5.91 Å². The highest BCUT2D eigenvalue weighted by Gasteiger charge is 2.26. The molecule has 0 fully saturated rings. The van der Waals surface area contributed by atoms with E-state index >= 15 is 0 Å². The summed E-state index contributed by atoms with van der Waals surface area (Å²) in [4.78, 5) is 12.0. The lowest BCUT2D eigenvalue weighted by atomic mass is 10.1. The van der Waals surface area contributed by atoms with Crippen LogP contribution >= 0.6 is 0 Å². The molecule has 0 unspecified atom stereocenters. The largest absolute Gasteiger partial charge is 0.508 e. The maximum Gasteiger partial charge on any atom is 0.253 e. The fourth-order valence-corrected chi connectivity index (χ4v) is 2.05. The number of carbonyl (C=O) groups excluding carboxylic acids is 1. The summed E-state index contributed by atoms with van der Waals surface area (Å²) < 4.78 is 0. The lowest BCUT2D eigenvalue weighted by molar-refractivity contribution is -0.116. The summed E-state index contributed by atoms with van der Waals surface area (Å²) in [5, 5.41) is 15.1. The molecule has 0 radical (unpaired) electrons. The van der Waals surface area contributed by atoms with Gasteiger partial charge in [0.2, 0.25) is 0 Å². The average Bonchev–Trinajstić information content (AvgIpc) is 2.82. The van der Waals surface area contributed by atoms with Gasteiger partial charge in [-0.3, -0.25) is 4.79 Å². The Morgan fingerprint density at radius 1 is 1.05 bits per heavy atom. The number of amides is 1. The molecule has 4 nitrogen and oxygen atoms in total. The summed E-state index contributed by atoms with van der Waals surface area (Å²) in [5.41, 5.74) is 2.27. The first-order chi connectivity index (χ1) is 9.24. The standard InChI is InChI=1S/C15H12N2O2/c18-13-8-4-7-12(9-13)17-15(19)10-14(16-17)11-5-2-1-3-6-11/h1-9,18H,10H2. The van der Waals surface area contributed by atoms with Gasteiger partial charge >= 0.3 is 0 Å². The highest BCUT2D eigenvalue weighted by atomic mass is 16.3. The fourth-order valence-electron chi connectivity index (χ4n) is 2.05. The van der Waals surface area contributed by atoms with E-state index in [2.05, 4.69) is 5.10 Å². The van der Waals surface area contributed by atoms with E-state index in [-0.39, 0.29) is 18.1 Å². The third-order valence-electron chi connectivity index (χ3n) is 2.96. The van der Waals surface area contributed by atoms with Crippen LogP contribution in [0.4, 0.5) is 5.69 Å². The normalized spacial score (nSPS) is 14.6.